The molecule has 11 nitrogen and oxygen atoms in total. The normalized spacial score (nSPS) is 23.6. The molecule has 6 aromatic rings. The number of aromatic nitrogens is 2. The molecule has 2 saturated heterocycles. The van der Waals surface area contributed by atoms with Crippen LogP contribution in [0.4, 0.5) is 0 Å². The second-order valence-corrected chi connectivity index (χ2v) is 21.3. The molecule has 0 unspecified atom stereocenters. The Morgan fingerprint density at radius 2 is 1.13 bits per heavy atom. The number of amidine groups is 2. The molecule has 364 valence electrons. The van der Waals surface area contributed by atoms with E-state index in [2.05, 4.69) is 80.2 Å². The van der Waals surface area contributed by atoms with Crippen molar-refractivity contribution in [2.75, 3.05) is 19.0 Å². The Hall–Kier alpha value is -6.31. The molecule has 13 heteroatoms. The fourth-order valence-electron chi connectivity index (χ4n) is 9.92. The fourth-order valence-corrected chi connectivity index (χ4v) is 11.5. The van der Waals surface area contributed by atoms with E-state index in [0.29, 0.717) is 51.1 Å². The van der Waals surface area contributed by atoms with E-state index in [1.165, 1.54) is 98.9 Å². The standard InChI is InChI=1S/C29H29N3O2S.C17H19NO2.C12H12N2OS/c33-28-27(35-29(32-28)31-25-17-22(25)21-9-5-2-6-10-21)16-20-11-12-24-23(15-20)26(13-14-30-24)34-18-19-7-3-1-4-8-19;19-11-14-6-7-16-15(10-14)17(8-9-18-16)20-12-13-4-2-1-3-5-13;15-11-7-16-12(14-11)13-10-6-9(10)8-4-2-1-3-5-8/h2,5-6,9-16,19,22,25H,1,3-4,7-8,17-18H2,(H,31,32,33);6-11,13H,1-5,12H2;1-5,9-10H,6-7H2,(H,13,14,15)/b27-16-;;/t22-,25+;;9-,10+/m1.1/s1. The van der Waals surface area contributed by atoms with Crippen LogP contribution in [0.1, 0.15) is 116 Å². The Morgan fingerprint density at radius 3 is 1.65 bits per heavy atom. The van der Waals surface area contributed by atoms with Crippen LogP contribution in [0.25, 0.3) is 27.9 Å². The van der Waals surface area contributed by atoms with Gasteiger partial charge in [-0.25, -0.2) is 0 Å². The van der Waals surface area contributed by atoms with Gasteiger partial charge in [0.25, 0.3) is 5.91 Å². The number of carbonyl (C=O) groups excluding carboxylic acids is 3. The van der Waals surface area contributed by atoms with Gasteiger partial charge < -0.3 is 20.1 Å². The van der Waals surface area contributed by atoms with Crippen molar-refractivity contribution in [3.63, 3.8) is 0 Å². The van der Waals surface area contributed by atoms with Crippen molar-refractivity contribution in [3.8, 4) is 11.5 Å². The van der Waals surface area contributed by atoms with Crippen LogP contribution in [0.2, 0.25) is 0 Å². The summed E-state index contributed by atoms with van der Waals surface area (Å²) in [5.41, 5.74) is 6.06. The quantitative estimate of drug-likeness (QED) is 0.0904. The third kappa shape index (κ3) is 13.0. The Balaban J connectivity index is 0.000000136. The van der Waals surface area contributed by atoms with Crippen molar-refractivity contribution in [2.24, 2.45) is 21.8 Å². The maximum Gasteiger partial charge on any atom is 0.264 e. The maximum atomic E-state index is 12.6. The zero-order chi connectivity index (χ0) is 48.4. The number of thioether (sulfide) groups is 2. The Labute approximate surface area is 424 Å². The summed E-state index contributed by atoms with van der Waals surface area (Å²) < 4.78 is 12.3. The van der Waals surface area contributed by atoms with E-state index >= 15 is 0 Å². The number of nitrogens with zero attached hydrogens (tertiary/aromatic N) is 4. The Kier molecular flexibility index (Phi) is 15.8. The van der Waals surface area contributed by atoms with Gasteiger partial charge in [0.05, 0.1) is 47.0 Å². The SMILES string of the molecule is O=C1CSC(=N[C@H]2C[C@@H]2c2ccccc2)N1.O=C1NC(=N[C@H]2C[C@@H]2c2ccccc2)S/C1=C\c1ccc2nccc(OCC3CCCCC3)c2c1.O=Cc1ccc2nccc(OCC3CCCCC3)c2c1. The van der Waals surface area contributed by atoms with Crippen LogP contribution in [-0.4, -0.2) is 69.5 Å². The highest BCUT2D eigenvalue weighted by Gasteiger charge is 2.40. The molecular weight excluding hydrogens is 925 g/mol. The topological polar surface area (TPSA) is 144 Å². The molecule has 2 aliphatic heterocycles. The highest BCUT2D eigenvalue weighted by atomic mass is 32.2. The lowest BCUT2D eigenvalue weighted by Gasteiger charge is -2.22. The summed E-state index contributed by atoms with van der Waals surface area (Å²) in [6.07, 6.45) is 21.5. The predicted octanol–water partition coefficient (Wildman–Crippen LogP) is 12.1. The first-order valence-electron chi connectivity index (χ1n) is 25.3. The summed E-state index contributed by atoms with van der Waals surface area (Å²) in [6, 6.07) is 36.9. The van der Waals surface area contributed by atoms with Crippen molar-refractivity contribution in [3.05, 3.63) is 149 Å². The summed E-state index contributed by atoms with van der Waals surface area (Å²) in [6.45, 7) is 1.53. The number of fused-ring (bicyclic) bond motifs is 2. The van der Waals surface area contributed by atoms with Gasteiger partial charge in [-0.05, 0) is 127 Å². The largest absolute Gasteiger partial charge is 0.493 e. The minimum atomic E-state index is -0.0919. The molecule has 0 spiro atoms. The molecule has 2 aromatic heterocycles. The molecule has 12 rings (SSSR count). The molecular formula is C58H60N6O5S2. The lowest BCUT2D eigenvalue weighted by atomic mass is 9.90. The van der Waals surface area contributed by atoms with Gasteiger partial charge in [-0.3, -0.25) is 34.3 Å². The average molecular weight is 985 g/mol. The molecule has 4 aromatic carbocycles. The number of aliphatic imine (C=N–C) groups is 2. The van der Waals surface area contributed by atoms with Gasteiger partial charge >= 0.3 is 0 Å². The van der Waals surface area contributed by atoms with Gasteiger partial charge in [0.2, 0.25) is 5.91 Å². The van der Waals surface area contributed by atoms with Crippen molar-refractivity contribution in [1.82, 2.24) is 20.6 Å². The third-order valence-corrected chi connectivity index (χ3v) is 15.9. The highest BCUT2D eigenvalue weighted by molar-refractivity contribution is 8.18. The number of rotatable bonds is 12. The minimum absolute atomic E-state index is 0.0701. The van der Waals surface area contributed by atoms with Crippen LogP contribution >= 0.6 is 23.5 Å². The first-order chi connectivity index (χ1) is 34.9. The summed E-state index contributed by atoms with van der Waals surface area (Å²) in [4.78, 5) is 53.4. The van der Waals surface area contributed by atoms with Gasteiger partial charge in [0.15, 0.2) is 10.3 Å². The monoisotopic (exact) mass is 984 g/mol. The summed E-state index contributed by atoms with van der Waals surface area (Å²) >= 11 is 2.93. The van der Waals surface area contributed by atoms with Crippen LogP contribution in [-0.2, 0) is 9.59 Å². The van der Waals surface area contributed by atoms with Crippen molar-refractivity contribution < 1.29 is 23.9 Å². The fraction of sp³-hybridized carbons (Fsp3) is 0.362. The minimum Gasteiger partial charge on any atom is -0.493 e. The van der Waals surface area contributed by atoms with E-state index in [4.69, 9.17) is 14.5 Å². The number of benzene rings is 4. The zero-order valence-corrected chi connectivity index (χ0v) is 41.6. The van der Waals surface area contributed by atoms with E-state index in [-0.39, 0.29) is 17.9 Å². The van der Waals surface area contributed by atoms with Crippen LogP contribution < -0.4 is 20.1 Å². The van der Waals surface area contributed by atoms with E-state index in [0.717, 1.165) is 76.4 Å². The van der Waals surface area contributed by atoms with Crippen LogP contribution in [0.3, 0.4) is 0 Å². The van der Waals surface area contributed by atoms with Crippen LogP contribution in [0.15, 0.2) is 136 Å². The van der Waals surface area contributed by atoms with Crippen LogP contribution in [0, 0.1) is 11.8 Å². The zero-order valence-electron chi connectivity index (χ0n) is 39.9. The lowest BCUT2D eigenvalue weighted by molar-refractivity contribution is -0.117. The first kappa shape index (κ1) is 48.3. The number of pyridine rings is 2. The van der Waals surface area contributed by atoms with Gasteiger partial charge in [-0.1, -0.05) is 117 Å². The molecule has 71 heavy (non-hydrogen) atoms. The second kappa shape index (κ2) is 23.3. The molecule has 6 aliphatic rings. The summed E-state index contributed by atoms with van der Waals surface area (Å²) in [5, 5.41) is 9.12. The number of hydrogen-bond acceptors (Lipinski definition) is 11. The molecule has 2 amide bonds. The van der Waals surface area contributed by atoms with E-state index in [1.54, 1.807) is 18.5 Å². The highest BCUT2D eigenvalue weighted by Crippen LogP contribution is 2.45. The average Bonchev–Trinajstić information content (AvgIpc) is 4.30. The number of nitrogens with one attached hydrogen (secondary N) is 2. The van der Waals surface area contributed by atoms with E-state index < -0.39 is 0 Å². The smallest absolute Gasteiger partial charge is 0.264 e. The van der Waals surface area contributed by atoms with Crippen molar-refractivity contribution >= 4 is 79.8 Å². The third-order valence-electron chi connectivity index (χ3n) is 14.1. The molecule has 2 N–H and O–H groups in total. The van der Waals surface area contributed by atoms with Crippen molar-refractivity contribution in [2.45, 2.75) is 101 Å². The molecule has 0 radical (unpaired) electrons. The Bertz CT molecular complexity index is 2940. The van der Waals surface area contributed by atoms with Gasteiger partial charge in [-0.2, -0.15) is 0 Å². The molecule has 4 atom stereocenters. The van der Waals surface area contributed by atoms with E-state index in [9.17, 15) is 14.4 Å². The van der Waals surface area contributed by atoms with E-state index in [1.807, 2.05) is 54.6 Å². The number of amides is 2. The van der Waals surface area contributed by atoms with Gasteiger partial charge in [-0.15, -0.1) is 0 Å². The summed E-state index contributed by atoms with van der Waals surface area (Å²) in [7, 11) is 0. The summed E-state index contributed by atoms with van der Waals surface area (Å²) in [5.74, 6) is 4.51. The van der Waals surface area contributed by atoms with Crippen molar-refractivity contribution in [1.29, 1.82) is 0 Å². The number of hydrogen-bond donors (Lipinski definition) is 2. The number of ether oxygens (including phenoxy) is 2. The molecule has 6 fully saturated rings. The molecule has 4 aliphatic carbocycles. The number of aldehydes is 1. The lowest BCUT2D eigenvalue weighted by Crippen LogP contribution is -2.20. The maximum absolute atomic E-state index is 12.6. The first-order valence-corrected chi connectivity index (χ1v) is 27.1. The second-order valence-electron chi connectivity index (χ2n) is 19.3. The molecule has 0 bridgehead atoms. The Morgan fingerprint density at radius 1 is 0.606 bits per heavy atom. The predicted molar refractivity (Wildman–Crippen MR) is 287 cm³/mol. The van der Waals surface area contributed by atoms with Gasteiger partial charge in [0.1, 0.15) is 17.8 Å². The molecule has 4 heterocycles. The van der Waals surface area contributed by atoms with Gasteiger partial charge in [0, 0.05) is 40.6 Å². The number of carbonyl (C=O) groups is 3. The van der Waals surface area contributed by atoms with Crippen LogP contribution in [0.5, 0.6) is 11.5 Å². The molecule has 4 saturated carbocycles.